The van der Waals surface area contributed by atoms with Crippen molar-refractivity contribution in [1.82, 2.24) is 20.9 Å². The van der Waals surface area contributed by atoms with Crippen LogP contribution in [0.3, 0.4) is 0 Å². The lowest BCUT2D eigenvalue weighted by atomic mass is 9.49. The van der Waals surface area contributed by atoms with Gasteiger partial charge in [-0.05, 0) is 110 Å². The molecular formula is C38H52N4O5. The fourth-order valence-corrected chi connectivity index (χ4v) is 10.5. The second-order valence-corrected chi connectivity index (χ2v) is 17.2. The zero-order chi connectivity index (χ0) is 33.1. The van der Waals surface area contributed by atoms with Gasteiger partial charge in [-0.2, -0.15) is 0 Å². The number of carbonyl (C=O) groups excluding carboxylic acids is 5. The molecule has 1 aromatic rings. The van der Waals surface area contributed by atoms with E-state index in [9.17, 15) is 24.0 Å². The maximum absolute atomic E-state index is 14.6. The third-order valence-corrected chi connectivity index (χ3v) is 12.4. The van der Waals surface area contributed by atoms with Crippen LogP contribution in [0.4, 0.5) is 0 Å². The summed E-state index contributed by atoms with van der Waals surface area (Å²) in [5.41, 5.74) is 0.0126. The molecule has 6 aliphatic carbocycles. The molecule has 3 N–H and O–H groups in total. The van der Waals surface area contributed by atoms with Gasteiger partial charge in [-0.3, -0.25) is 24.0 Å². The Morgan fingerprint density at radius 2 is 1.51 bits per heavy atom. The van der Waals surface area contributed by atoms with Crippen molar-refractivity contribution in [2.24, 2.45) is 40.4 Å². The molecule has 1 aromatic carbocycles. The Morgan fingerprint density at radius 1 is 0.872 bits per heavy atom. The first kappa shape index (κ1) is 32.3. The minimum atomic E-state index is -1.15. The fourth-order valence-electron chi connectivity index (χ4n) is 10.5. The lowest BCUT2D eigenvalue weighted by Crippen LogP contribution is -2.59. The molecule has 0 radical (unpaired) electrons. The molecule has 4 bridgehead atoms. The molecule has 1 heterocycles. The number of amides is 4. The molecule has 9 nitrogen and oxygen atoms in total. The summed E-state index contributed by atoms with van der Waals surface area (Å²) in [5, 5.41) is 8.87. The van der Waals surface area contributed by atoms with Gasteiger partial charge < -0.3 is 20.9 Å². The smallest absolute Gasteiger partial charge is 0.290 e. The SMILES string of the molecule is CC(C)(C)[C@H](NC(=O)CC12CC3CC(CC(C3)C1)C2)C(=O)N1C[C@@H]2CCC[C@@H]2[C@H]1C(=O)N[C@H](C(=O)C(=O)NC1CC1)c1ccccc1. The zero-order valence-corrected chi connectivity index (χ0v) is 28.3. The summed E-state index contributed by atoms with van der Waals surface area (Å²) in [6.07, 6.45) is 12.2. The quantitative estimate of drug-likeness (QED) is 0.325. The summed E-state index contributed by atoms with van der Waals surface area (Å²) >= 11 is 0. The molecular weight excluding hydrogens is 592 g/mol. The van der Waals surface area contributed by atoms with Gasteiger partial charge in [0.15, 0.2) is 0 Å². The third-order valence-electron chi connectivity index (χ3n) is 12.4. The maximum atomic E-state index is 14.6. The van der Waals surface area contributed by atoms with Crippen LogP contribution in [0.1, 0.15) is 109 Å². The van der Waals surface area contributed by atoms with E-state index < -0.39 is 41.1 Å². The highest BCUT2D eigenvalue weighted by atomic mass is 16.2. The minimum absolute atomic E-state index is 0.00764. The van der Waals surface area contributed by atoms with Crippen LogP contribution in [0.5, 0.6) is 0 Å². The van der Waals surface area contributed by atoms with Gasteiger partial charge in [-0.25, -0.2) is 0 Å². The Balaban J connectivity index is 1.10. The molecule has 1 aliphatic heterocycles. The highest BCUT2D eigenvalue weighted by Crippen LogP contribution is 2.61. The number of Topliss-reactive ketones (excluding diaryl/α,β-unsaturated/α-hetero) is 1. The van der Waals surface area contributed by atoms with E-state index in [4.69, 9.17) is 0 Å². The van der Waals surface area contributed by atoms with E-state index in [2.05, 4.69) is 16.0 Å². The van der Waals surface area contributed by atoms with E-state index in [-0.39, 0.29) is 35.1 Å². The summed E-state index contributed by atoms with van der Waals surface area (Å²) < 4.78 is 0. The number of nitrogens with zero attached hydrogens (tertiary/aromatic N) is 1. The third kappa shape index (κ3) is 6.60. The van der Waals surface area contributed by atoms with Crippen molar-refractivity contribution in [3.8, 4) is 0 Å². The molecule has 4 amide bonds. The van der Waals surface area contributed by atoms with Gasteiger partial charge >= 0.3 is 0 Å². The summed E-state index contributed by atoms with van der Waals surface area (Å²) in [6, 6.07) is 6.14. The first-order chi connectivity index (χ1) is 22.4. The molecule has 0 unspecified atom stereocenters. The van der Waals surface area contributed by atoms with Crippen molar-refractivity contribution >= 4 is 29.4 Å². The molecule has 0 spiro atoms. The Hall–Kier alpha value is -3.23. The normalized spacial score (nSPS) is 33.6. The predicted octanol–water partition coefficient (Wildman–Crippen LogP) is 4.46. The van der Waals surface area contributed by atoms with E-state index in [0.717, 1.165) is 69.1 Å². The van der Waals surface area contributed by atoms with E-state index in [1.807, 2.05) is 26.8 Å². The highest BCUT2D eigenvalue weighted by Gasteiger charge is 2.54. The average molecular weight is 645 g/mol. The number of hydrogen-bond donors (Lipinski definition) is 3. The number of hydrogen-bond acceptors (Lipinski definition) is 5. The predicted molar refractivity (Wildman–Crippen MR) is 176 cm³/mol. The minimum Gasteiger partial charge on any atom is -0.347 e. The number of likely N-dealkylation sites (tertiary alicyclic amines) is 1. The summed E-state index contributed by atoms with van der Waals surface area (Å²) in [6.45, 7) is 6.35. The lowest BCUT2D eigenvalue weighted by Gasteiger charge is -2.56. The topological polar surface area (TPSA) is 125 Å². The van der Waals surface area contributed by atoms with E-state index in [1.165, 1.54) is 19.3 Å². The van der Waals surface area contributed by atoms with Crippen LogP contribution in [-0.2, 0) is 24.0 Å². The van der Waals surface area contributed by atoms with Crippen LogP contribution in [0.25, 0.3) is 0 Å². The van der Waals surface area contributed by atoms with Gasteiger partial charge in [-0.1, -0.05) is 57.5 Å². The molecule has 7 aliphatic rings. The summed E-state index contributed by atoms with van der Waals surface area (Å²) in [7, 11) is 0. The van der Waals surface area contributed by atoms with Gasteiger partial charge in [0.25, 0.3) is 5.91 Å². The standard InChI is InChI=1S/C38H52N4O5/c1-37(2,3)33(40-29(43)20-38-17-22-14-23(18-38)16-24(15-22)19-38)36(47)42-21-26-10-7-11-28(26)31(42)34(45)41-30(25-8-5-4-6-9-25)32(44)35(46)39-27-12-13-27/h4-6,8-9,22-24,26-28,30-31,33H,7,10-21H2,1-3H3,(H,39,46)(H,40,43)(H,41,45)/t22?,23?,24?,26-,28-,30-,31-,33+,38?/m0/s1. The lowest BCUT2D eigenvalue weighted by molar-refractivity contribution is -0.146. The Kier molecular flexibility index (Phi) is 8.49. The molecule has 5 atom stereocenters. The molecule has 7 fully saturated rings. The number of rotatable bonds is 10. The number of fused-ring (bicyclic) bond motifs is 1. The van der Waals surface area contributed by atoms with Gasteiger partial charge in [0.1, 0.15) is 18.1 Å². The van der Waals surface area contributed by atoms with Gasteiger partial charge in [0.05, 0.1) is 0 Å². The van der Waals surface area contributed by atoms with Crippen LogP contribution in [0.15, 0.2) is 30.3 Å². The van der Waals surface area contributed by atoms with Crippen molar-refractivity contribution in [2.45, 2.75) is 122 Å². The van der Waals surface area contributed by atoms with Crippen molar-refractivity contribution in [3.63, 3.8) is 0 Å². The average Bonchev–Trinajstić information content (AvgIpc) is 3.57. The van der Waals surface area contributed by atoms with Crippen LogP contribution in [-0.4, -0.2) is 59.0 Å². The van der Waals surface area contributed by atoms with Gasteiger partial charge in [0.2, 0.25) is 23.5 Å². The van der Waals surface area contributed by atoms with Crippen molar-refractivity contribution in [3.05, 3.63) is 35.9 Å². The Labute approximate surface area is 278 Å². The summed E-state index contributed by atoms with van der Waals surface area (Å²) in [5.74, 6) is 0.250. The number of carbonyl (C=O) groups is 5. The van der Waals surface area contributed by atoms with E-state index >= 15 is 0 Å². The molecule has 47 heavy (non-hydrogen) atoms. The molecule has 254 valence electrons. The molecule has 6 saturated carbocycles. The van der Waals surface area contributed by atoms with Crippen LogP contribution in [0, 0.1) is 40.4 Å². The van der Waals surface area contributed by atoms with Crippen LogP contribution < -0.4 is 16.0 Å². The number of benzene rings is 1. The van der Waals surface area contributed by atoms with E-state index in [0.29, 0.717) is 18.5 Å². The molecule has 0 aromatic heterocycles. The van der Waals surface area contributed by atoms with Gasteiger partial charge in [0, 0.05) is 19.0 Å². The number of ketones is 1. The number of nitrogens with one attached hydrogen (secondary N) is 3. The molecule has 8 rings (SSSR count). The highest BCUT2D eigenvalue weighted by molar-refractivity contribution is 6.38. The second kappa shape index (κ2) is 12.3. The first-order valence-corrected chi connectivity index (χ1v) is 18.2. The largest absolute Gasteiger partial charge is 0.347 e. The Bertz CT molecular complexity index is 1380. The Morgan fingerprint density at radius 3 is 2.11 bits per heavy atom. The zero-order valence-electron chi connectivity index (χ0n) is 28.3. The van der Waals surface area contributed by atoms with Crippen LogP contribution >= 0.6 is 0 Å². The van der Waals surface area contributed by atoms with Crippen LogP contribution in [0.2, 0.25) is 0 Å². The van der Waals surface area contributed by atoms with Gasteiger partial charge in [-0.15, -0.1) is 0 Å². The first-order valence-electron chi connectivity index (χ1n) is 18.2. The fraction of sp³-hybridized carbons (Fsp3) is 0.711. The van der Waals surface area contributed by atoms with E-state index in [1.54, 1.807) is 29.2 Å². The van der Waals surface area contributed by atoms with Crippen molar-refractivity contribution in [2.75, 3.05) is 6.54 Å². The van der Waals surface area contributed by atoms with Crippen molar-refractivity contribution in [1.29, 1.82) is 0 Å². The van der Waals surface area contributed by atoms with Crippen molar-refractivity contribution < 1.29 is 24.0 Å². The molecule has 9 heteroatoms. The second-order valence-electron chi connectivity index (χ2n) is 17.2. The molecule has 1 saturated heterocycles. The summed E-state index contributed by atoms with van der Waals surface area (Å²) in [4.78, 5) is 70.7. The monoisotopic (exact) mass is 644 g/mol. The maximum Gasteiger partial charge on any atom is 0.290 e.